The molecule has 1 aliphatic heterocycles. The average Bonchev–Trinajstić information content (AvgIpc) is 2.93. The van der Waals surface area contributed by atoms with E-state index in [1.54, 1.807) is 41.8 Å². The number of nitrogens with one attached hydrogen (secondary N) is 1. The van der Waals surface area contributed by atoms with E-state index in [2.05, 4.69) is 4.72 Å². The predicted molar refractivity (Wildman–Crippen MR) is 98.7 cm³/mol. The second-order valence-corrected chi connectivity index (χ2v) is 8.69. The Morgan fingerprint density at radius 1 is 1.08 bits per heavy atom. The van der Waals surface area contributed by atoms with E-state index in [0.29, 0.717) is 21.2 Å². The van der Waals surface area contributed by atoms with E-state index in [4.69, 9.17) is 11.6 Å². The molecule has 124 valence electrons. The minimum atomic E-state index is -3.77. The molecule has 0 aromatic heterocycles. The lowest BCUT2D eigenvalue weighted by molar-refractivity contribution is 0.601. The summed E-state index contributed by atoms with van der Waals surface area (Å²) in [5.74, 6) is 0. The number of hydrogen-bond acceptors (Lipinski definition) is 3. The summed E-state index contributed by atoms with van der Waals surface area (Å²) < 4.78 is 39.8. The average molecular weight is 380 g/mol. The Labute approximate surface area is 148 Å². The van der Waals surface area contributed by atoms with Crippen molar-refractivity contribution in [2.45, 2.75) is 11.8 Å². The zero-order chi connectivity index (χ0) is 17.3. The Hall–Kier alpha value is -1.89. The summed E-state index contributed by atoms with van der Waals surface area (Å²) in [6.07, 6.45) is 3.38. The van der Waals surface area contributed by atoms with Crippen LogP contribution in [-0.2, 0) is 20.8 Å². The largest absolute Gasteiger partial charge is 0.279 e. The number of anilines is 1. The molecule has 0 radical (unpaired) electrons. The highest BCUT2D eigenvalue weighted by Crippen LogP contribution is 2.33. The summed E-state index contributed by atoms with van der Waals surface area (Å²) in [5, 5.41) is 1.93. The van der Waals surface area contributed by atoms with Crippen molar-refractivity contribution in [3.05, 3.63) is 76.2 Å². The highest BCUT2D eigenvalue weighted by atomic mass is 35.5. The maximum Gasteiger partial charge on any atom is 0.261 e. The van der Waals surface area contributed by atoms with Gasteiger partial charge in [-0.05, 0) is 37.3 Å². The summed E-state index contributed by atoms with van der Waals surface area (Å²) >= 11 is 6.01. The third kappa shape index (κ3) is 3.45. The van der Waals surface area contributed by atoms with Gasteiger partial charge in [0.2, 0.25) is 0 Å². The molecule has 1 heterocycles. The van der Waals surface area contributed by atoms with Crippen molar-refractivity contribution in [2.75, 3.05) is 4.72 Å². The first-order valence-electron chi connectivity index (χ1n) is 7.05. The fourth-order valence-corrected chi connectivity index (χ4v) is 4.49. The predicted octanol–water partition coefficient (Wildman–Crippen LogP) is 4.07. The maximum atomic E-state index is 12.6. The van der Waals surface area contributed by atoms with Gasteiger partial charge in [0, 0.05) is 16.0 Å². The summed E-state index contributed by atoms with van der Waals surface area (Å²) in [5.41, 5.74) is 1.81. The molecule has 0 saturated heterocycles. The van der Waals surface area contributed by atoms with Crippen LogP contribution in [0.15, 0.2) is 64.9 Å². The molecular weight excluding hydrogens is 366 g/mol. The van der Waals surface area contributed by atoms with Crippen molar-refractivity contribution in [3.63, 3.8) is 0 Å². The number of hydrogen-bond donors (Lipinski definition) is 1. The number of halogens is 1. The van der Waals surface area contributed by atoms with Gasteiger partial charge in [-0.1, -0.05) is 41.4 Å². The topological polar surface area (TPSA) is 63.2 Å². The molecule has 0 fully saturated rings. The lowest BCUT2D eigenvalue weighted by atomic mass is 10.1. The Kier molecular flexibility index (Phi) is 4.62. The molecule has 4 nitrogen and oxygen atoms in total. The molecule has 0 bridgehead atoms. The van der Waals surface area contributed by atoms with Crippen LogP contribution in [0.1, 0.15) is 11.1 Å². The van der Waals surface area contributed by atoms with Gasteiger partial charge >= 0.3 is 0 Å². The Bertz CT molecular complexity index is 977. The fourth-order valence-electron chi connectivity index (χ4n) is 2.27. The number of sulfonamides is 1. The van der Waals surface area contributed by atoms with Crippen LogP contribution in [0.3, 0.4) is 0 Å². The fraction of sp³-hybridized carbons (Fsp3) is 0.0588. The molecule has 0 saturated carbocycles. The van der Waals surface area contributed by atoms with Crippen molar-refractivity contribution in [3.8, 4) is 0 Å². The van der Waals surface area contributed by atoms with Crippen molar-refractivity contribution < 1.29 is 12.6 Å². The second-order valence-electron chi connectivity index (χ2n) is 5.27. The Morgan fingerprint density at radius 2 is 1.79 bits per heavy atom. The monoisotopic (exact) mass is 379 g/mol. The molecule has 24 heavy (non-hydrogen) atoms. The molecule has 7 heteroatoms. The van der Waals surface area contributed by atoms with Crippen LogP contribution in [-0.4, -0.2) is 12.6 Å². The highest BCUT2D eigenvalue weighted by molar-refractivity contribution is 7.97. The summed E-state index contributed by atoms with van der Waals surface area (Å²) in [6, 6.07) is 11.3. The van der Waals surface area contributed by atoms with Gasteiger partial charge in [-0.2, -0.15) is 0 Å². The van der Waals surface area contributed by atoms with Gasteiger partial charge in [0.1, 0.15) is 0 Å². The molecule has 1 N–H and O–H groups in total. The summed E-state index contributed by atoms with van der Waals surface area (Å²) in [7, 11) is -5.07. The van der Waals surface area contributed by atoms with Crippen molar-refractivity contribution >= 4 is 43.0 Å². The first kappa shape index (κ1) is 17.0. The first-order valence-corrected chi connectivity index (χ1v) is 10.1. The number of allylic oxidation sites excluding steroid dienone is 2. The van der Waals surface area contributed by atoms with Crippen LogP contribution < -0.4 is 4.72 Å². The van der Waals surface area contributed by atoms with E-state index in [1.165, 1.54) is 18.2 Å². The van der Waals surface area contributed by atoms with Gasteiger partial charge in [-0.3, -0.25) is 4.72 Å². The van der Waals surface area contributed by atoms with Gasteiger partial charge in [0.05, 0.1) is 26.3 Å². The molecule has 3 rings (SSSR count). The standard InChI is InChI=1S/C17H14ClNO3S2/c1-12-4-7-14(8-5-12)24(21,22)19-16-11-13(18)6-9-15(16)17-3-2-10-23(17)20/h2-11,19H,1H3. The summed E-state index contributed by atoms with van der Waals surface area (Å²) in [6.45, 7) is 1.88. The van der Waals surface area contributed by atoms with Crippen LogP contribution in [0.25, 0.3) is 4.91 Å². The van der Waals surface area contributed by atoms with Gasteiger partial charge in [-0.25, -0.2) is 12.6 Å². The van der Waals surface area contributed by atoms with Gasteiger partial charge < -0.3 is 0 Å². The summed E-state index contributed by atoms with van der Waals surface area (Å²) in [4.78, 5) is 0.687. The van der Waals surface area contributed by atoms with E-state index < -0.39 is 20.8 Å². The number of benzene rings is 2. The van der Waals surface area contributed by atoms with Gasteiger partial charge in [0.15, 0.2) is 0 Å². The lowest BCUT2D eigenvalue weighted by Crippen LogP contribution is -2.14. The van der Waals surface area contributed by atoms with Crippen molar-refractivity contribution in [1.29, 1.82) is 0 Å². The molecule has 0 aliphatic carbocycles. The minimum Gasteiger partial charge on any atom is -0.279 e. The molecule has 0 spiro atoms. The number of aryl methyl sites for hydroxylation is 1. The van der Waals surface area contributed by atoms with E-state index in [9.17, 15) is 12.6 Å². The Morgan fingerprint density at radius 3 is 2.42 bits per heavy atom. The van der Waals surface area contributed by atoms with Gasteiger partial charge in [0.25, 0.3) is 10.0 Å². The quantitative estimate of drug-likeness (QED) is 0.871. The molecule has 2 aromatic rings. The first-order chi connectivity index (χ1) is 11.4. The van der Waals surface area contributed by atoms with E-state index in [-0.39, 0.29) is 4.90 Å². The second kappa shape index (κ2) is 6.55. The lowest BCUT2D eigenvalue weighted by Gasteiger charge is -2.14. The highest BCUT2D eigenvalue weighted by Gasteiger charge is 2.20. The molecule has 2 aromatic carbocycles. The minimum absolute atomic E-state index is 0.152. The zero-order valence-corrected chi connectivity index (χ0v) is 15.1. The van der Waals surface area contributed by atoms with Gasteiger partial charge in [-0.15, -0.1) is 0 Å². The molecule has 1 atom stereocenters. The molecule has 0 amide bonds. The maximum absolute atomic E-state index is 12.6. The van der Waals surface area contributed by atoms with Crippen LogP contribution in [0.2, 0.25) is 5.02 Å². The van der Waals surface area contributed by atoms with Crippen LogP contribution >= 0.6 is 11.6 Å². The smallest absolute Gasteiger partial charge is 0.261 e. The zero-order valence-electron chi connectivity index (χ0n) is 12.7. The number of rotatable bonds is 4. The SMILES string of the molecule is Cc1ccc(S(=O)(=O)Nc2cc(Cl)ccc2C2=CC=CS2=O)cc1. The van der Waals surface area contributed by atoms with Crippen LogP contribution in [0, 0.1) is 6.92 Å². The van der Waals surface area contributed by atoms with Crippen LogP contribution in [0.4, 0.5) is 5.69 Å². The molecule has 1 unspecified atom stereocenters. The van der Waals surface area contributed by atoms with E-state index >= 15 is 0 Å². The molecular formula is C17H14ClNO3S2. The van der Waals surface area contributed by atoms with Crippen LogP contribution in [0.5, 0.6) is 0 Å². The van der Waals surface area contributed by atoms with Crippen molar-refractivity contribution in [1.82, 2.24) is 0 Å². The molecule has 1 aliphatic rings. The third-order valence-corrected chi connectivity index (χ3v) is 6.30. The Balaban J connectivity index is 2.02. The van der Waals surface area contributed by atoms with E-state index in [0.717, 1.165) is 5.56 Å². The van der Waals surface area contributed by atoms with Crippen molar-refractivity contribution in [2.24, 2.45) is 0 Å². The third-order valence-electron chi connectivity index (χ3n) is 3.49. The van der Waals surface area contributed by atoms with E-state index in [1.807, 2.05) is 6.92 Å². The normalized spacial score (nSPS) is 16.9.